The van der Waals surface area contributed by atoms with Crippen molar-refractivity contribution in [2.24, 2.45) is 5.92 Å². The predicted molar refractivity (Wildman–Crippen MR) is 83.6 cm³/mol. The van der Waals surface area contributed by atoms with E-state index in [9.17, 15) is 9.59 Å². The van der Waals surface area contributed by atoms with Crippen molar-refractivity contribution in [3.8, 4) is 0 Å². The van der Waals surface area contributed by atoms with Crippen LogP contribution in [0, 0.1) is 5.92 Å². The van der Waals surface area contributed by atoms with E-state index in [1.54, 1.807) is 11.1 Å². The van der Waals surface area contributed by atoms with Gasteiger partial charge in [-0.05, 0) is 25.7 Å². The average molecular weight is 320 g/mol. The van der Waals surface area contributed by atoms with Gasteiger partial charge in [0, 0.05) is 25.6 Å². The predicted octanol–water partition coefficient (Wildman–Crippen LogP) is 1.44. The highest BCUT2D eigenvalue weighted by Crippen LogP contribution is 2.22. The van der Waals surface area contributed by atoms with Gasteiger partial charge >= 0.3 is 6.03 Å². The highest BCUT2D eigenvalue weighted by molar-refractivity contribution is 5.81. The van der Waals surface area contributed by atoms with Gasteiger partial charge < -0.3 is 20.0 Å². The third-order valence-corrected chi connectivity index (χ3v) is 4.34. The van der Waals surface area contributed by atoms with Crippen LogP contribution in [0.4, 0.5) is 4.79 Å². The van der Waals surface area contributed by atoms with Crippen LogP contribution in [-0.4, -0.2) is 41.0 Å². The molecule has 0 spiro atoms. The SMILES string of the molecule is CCc1cnc(CNC(=O)N2CCCC(C(=O)NC3CC3)C2)o1. The van der Waals surface area contributed by atoms with E-state index >= 15 is 0 Å². The minimum atomic E-state index is -0.162. The molecule has 1 aromatic rings. The van der Waals surface area contributed by atoms with Gasteiger partial charge in [-0.15, -0.1) is 0 Å². The van der Waals surface area contributed by atoms with Crippen LogP contribution in [0.5, 0.6) is 0 Å². The van der Waals surface area contributed by atoms with Crippen LogP contribution in [0.15, 0.2) is 10.6 Å². The fraction of sp³-hybridized carbons (Fsp3) is 0.688. The van der Waals surface area contributed by atoms with E-state index in [1.807, 2.05) is 6.92 Å². The number of hydrogen-bond acceptors (Lipinski definition) is 4. The highest BCUT2D eigenvalue weighted by Gasteiger charge is 2.31. The van der Waals surface area contributed by atoms with Gasteiger partial charge in [-0.1, -0.05) is 6.92 Å². The van der Waals surface area contributed by atoms with Crippen molar-refractivity contribution in [2.45, 2.75) is 51.6 Å². The van der Waals surface area contributed by atoms with Crippen LogP contribution in [-0.2, 0) is 17.8 Å². The number of amides is 3. The van der Waals surface area contributed by atoms with E-state index in [2.05, 4.69) is 15.6 Å². The molecule has 1 saturated carbocycles. The Morgan fingerprint density at radius 1 is 1.39 bits per heavy atom. The van der Waals surface area contributed by atoms with Crippen molar-refractivity contribution in [2.75, 3.05) is 13.1 Å². The van der Waals surface area contributed by atoms with Crippen molar-refractivity contribution in [3.63, 3.8) is 0 Å². The first-order valence-corrected chi connectivity index (χ1v) is 8.42. The number of aromatic nitrogens is 1. The number of rotatable bonds is 5. The minimum absolute atomic E-state index is 0.0882. The van der Waals surface area contributed by atoms with Crippen LogP contribution in [0.3, 0.4) is 0 Å². The molecule has 1 aliphatic heterocycles. The Kier molecular flexibility index (Phi) is 4.83. The van der Waals surface area contributed by atoms with Crippen LogP contribution >= 0.6 is 0 Å². The third-order valence-electron chi connectivity index (χ3n) is 4.34. The first-order valence-electron chi connectivity index (χ1n) is 8.42. The molecule has 7 nitrogen and oxygen atoms in total. The van der Waals surface area contributed by atoms with E-state index < -0.39 is 0 Å². The molecule has 1 saturated heterocycles. The lowest BCUT2D eigenvalue weighted by Gasteiger charge is -2.32. The summed E-state index contributed by atoms with van der Waals surface area (Å²) in [6, 6.07) is 0.203. The quantitative estimate of drug-likeness (QED) is 0.859. The maximum atomic E-state index is 12.3. The van der Waals surface area contributed by atoms with E-state index in [4.69, 9.17) is 4.42 Å². The van der Waals surface area contributed by atoms with Crippen molar-refractivity contribution < 1.29 is 14.0 Å². The van der Waals surface area contributed by atoms with Gasteiger partial charge in [0.1, 0.15) is 5.76 Å². The number of carbonyl (C=O) groups is 2. The second-order valence-electron chi connectivity index (χ2n) is 6.30. The smallest absolute Gasteiger partial charge is 0.317 e. The van der Waals surface area contributed by atoms with E-state index in [0.717, 1.165) is 37.9 Å². The number of aryl methyl sites for hydroxylation is 1. The molecular formula is C16H24N4O3. The molecule has 0 aromatic carbocycles. The number of nitrogens with zero attached hydrogens (tertiary/aromatic N) is 2. The molecule has 2 fully saturated rings. The van der Waals surface area contributed by atoms with Gasteiger partial charge in [0.05, 0.1) is 18.7 Å². The topological polar surface area (TPSA) is 87.5 Å². The van der Waals surface area contributed by atoms with E-state index in [0.29, 0.717) is 25.0 Å². The average Bonchev–Trinajstić information content (AvgIpc) is 3.27. The number of likely N-dealkylation sites (tertiary alicyclic amines) is 1. The largest absolute Gasteiger partial charge is 0.444 e. The van der Waals surface area contributed by atoms with Crippen LogP contribution in [0.2, 0.25) is 0 Å². The fourth-order valence-corrected chi connectivity index (χ4v) is 2.78. The molecule has 3 amide bonds. The lowest BCUT2D eigenvalue weighted by atomic mass is 9.97. The Morgan fingerprint density at radius 2 is 2.22 bits per heavy atom. The lowest BCUT2D eigenvalue weighted by Crippen LogP contribution is -2.49. The lowest BCUT2D eigenvalue weighted by molar-refractivity contribution is -0.126. The van der Waals surface area contributed by atoms with Gasteiger partial charge in [0.2, 0.25) is 11.8 Å². The molecule has 23 heavy (non-hydrogen) atoms. The number of carbonyl (C=O) groups excluding carboxylic acids is 2. The summed E-state index contributed by atoms with van der Waals surface area (Å²) in [7, 11) is 0. The second-order valence-corrected chi connectivity index (χ2v) is 6.30. The molecule has 2 heterocycles. The van der Waals surface area contributed by atoms with Gasteiger partial charge in [-0.3, -0.25) is 4.79 Å². The van der Waals surface area contributed by atoms with Gasteiger partial charge in [-0.2, -0.15) is 0 Å². The standard InChI is InChI=1S/C16H24N4O3/c1-2-13-8-17-14(23-13)9-18-16(22)20-7-3-4-11(10-20)15(21)19-12-5-6-12/h8,11-12H,2-7,9-10H2,1H3,(H,18,22)(H,19,21). The molecule has 2 N–H and O–H groups in total. The summed E-state index contributed by atoms with van der Waals surface area (Å²) in [5.74, 6) is 1.31. The Balaban J connectivity index is 1.47. The van der Waals surface area contributed by atoms with E-state index in [-0.39, 0.29) is 24.4 Å². The molecule has 126 valence electrons. The number of piperidine rings is 1. The van der Waals surface area contributed by atoms with Gasteiger partial charge in [0.25, 0.3) is 0 Å². The van der Waals surface area contributed by atoms with Crippen LogP contribution in [0.1, 0.15) is 44.3 Å². The summed E-state index contributed by atoms with van der Waals surface area (Å²) < 4.78 is 5.47. The van der Waals surface area contributed by atoms with Crippen molar-refractivity contribution >= 4 is 11.9 Å². The summed E-state index contributed by atoms with van der Waals surface area (Å²) in [6.07, 6.45) is 6.33. The van der Waals surface area contributed by atoms with Crippen LogP contribution in [0.25, 0.3) is 0 Å². The molecule has 0 radical (unpaired) electrons. The first kappa shape index (κ1) is 15.8. The molecule has 2 aliphatic rings. The molecule has 7 heteroatoms. The van der Waals surface area contributed by atoms with Crippen molar-refractivity contribution in [1.29, 1.82) is 0 Å². The Labute approximate surface area is 135 Å². The monoisotopic (exact) mass is 320 g/mol. The normalized spacial score (nSPS) is 21.1. The summed E-state index contributed by atoms with van der Waals surface area (Å²) in [5, 5.41) is 5.85. The van der Waals surface area contributed by atoms with Crippen molar-refractivity contribution in [1.82, 2.24) is 20.5 Å². The zero-order valence-electron chi connectivity index (χ0n) is 13.5. The Morgan fingerprint density at radius 3 is 2.91 bits per heavy atom. The molecule has 1 aromatic heterocycles. The van der Waals surface area contributed by atoms with Gasteiger partial charge in [-0.25, -0.2) is 9.78 Å². The number of hydrogen-bond donors (Lipinski definition) is 2. The van der Waals surface area contributed by atoms with Crippen molar-refractivity contribution in [3.05, 3.63) is 17.8 Å². The third kappa shape index (κ3) is 4.24. The highest BCUT2D eigenvalue weighted by atomic mass is 16.4. The second kappa shape index (κ2) is 7.02. The Bertz CT molecular complexity index is 567. The molecule has 1 aliphatic carbocycles. The summed E-state index contributed by atoms with van der Waals surface area (Å²) in [5.41, 5.74) is 0. The number of urea groups is 1. The molecule has 1 atom stereocenters. The fourth-order valence-electron chi connectivity index (χ4n) is 2.78. The molecule has 1 unspecified atom stereocenters. The summed E-state index contributed by atoms with van der Waals surface area (Å²) in [4.78, 5) is 30.2. The number of nitrogens with one attached hydrogen (secondary N) is 2. The first-order chi connectivity index (χ1) is 11.2. The molecule has 0 bridgehead atoms. The van der Waals surface area contributed by atoms with E-state index in [1.165, 1.54) is 0 Å². The molecule has 3 rings (SSSR count). The zero-order valence-corrected chi connectivity index (χ0v) is 13.5. The Hall–Kier alpha value is -2.05. The summed E-state index contributed by atoms with van der Waals surface area (Å²) in [6.45, 7) is 3.43. The molecular weight excluding hydrogens is 296 g/mol. The zero-order chi connectivity index (χ0) is 16.2. The maximum absolute atomic E-state index is 12.3. The van der Waals surface area contributed by atoms with Gasteiger partial charge in [0.15, 0.2) is 0 Å². The number of oxazole rings is 1. The maximum Gasteiger partial charge on any atom is 0.317 e. The minimum Gasteiger partial charge on any atom is -0.444 e. The van der Waals surface area contributed by atoms with Crippen LogP contribution < -0.4 is 10.6 Å². The summed E-state index contributed by atoms with van der Waals surface area (Å²) >= 11 is 0.